The minimum absolute atomic E-state index is 0.515. The van der Waals surface area contributed by atoms with Crippen molar-refractivity contribution in [2.75, 3.05) is 25.5 Å². The van der Waals surface area contributed by atoms with E-state index < -0.39 is 0 Å². The summed E-state index contributed by atoms with van der Waals surface area (Å²) in [5.41, 5.74) is 6.14. The zero-order chi connectivity index (χ0) is 22.6. The molecule has 4 N–H and O–H groups in total. The molecule has 0 unspecified atom stereocenters. The highest BCUT2D eigenvalue weighted by atomic mass is 16.5. The van der Waals surface area contributed by atoms with Crippen molar-refractivity contribution >= 4 is 22.4 Å². The average molecular weight is 440 g/mol. The molecule has 0 fully saturated rings. The van der Waals surface area contributed by atoms with Gasteiger partial charge < -0.3 is 20.4 Å². The highest BCUT2D eigenvalue weighted by Gasteiger charge is 2.10. The Bertz CT molecular complexity index is 1360. The van der Waals surface area contributed by atoms with Gasteiger partial charge in [-0.25, -0.2) is 4.98 Å². The minimum Gasteiger partial charge on any atom is -0.476 e. The van der Waals surface area contributed by atoms with Crippen LogP contribution < -0.4 is 15.4 Å². The van der Waals surface area contributed by atoms with Crippen LogP contribution in [0.2, 0.25) is 0 Å². The highest BCUT2D eigenvalue weighted by Crippen LogP contribution is 2.27. The van der Waals surface area contributed by atoms with Crippen molar-refractivity contribution in [1.82, 2.24) is 30.5 Å². The maximum Gasteiger partial charge on any atom is 0.219 e. The molecule has 5 rings (SSSR count). The summed E-state index contributed by atoms with van der Waals surface area (Å²) in [4.78, 5) is 12.8. The van der Waals surface area contributed by atoms with Crippen molar-refractivity contribution in [3.8, 4) is 28.4 Å². The summed E-state index contributed by atoms with van der Waals surface area (Å²) in [6.45, 7) is 3.29. The summed E-state index contributed by atoms with van der Waals surface area (Å²) in [6.07, 6.45) is 3.67. The molecule has 0 saturated carbocycles. The van der Waals surface area contributed by atoms with E-state index in [1.165, 1.54) is 0 Å². The molecule has 0 bridgehead atoms. The maximum atomic E-state index is 5.87. The van der Waals surface area contributed by atoms with Crippen molar-refractivity contribution in [3.05, 3.63) is 72.7 Å². The molecule has 0 aliphatic carbocycles. The number of aromatic amines is 2. The van der Waals surface area contributed by atoms with Crippen molar-refractivity contribution in [2.45, 2.75) is 6.92 Å². The summed E-state index contributed by atoms with van der Waals surface area (Å²) < 4.78 is 5.87. The second kappa shape index (κ2) is 9.13. The molecule has 5 aromatic rings. The number of hydrogen-bond acceptors (Lipinski definition) is 6. The summed E-state index contributed by atoms with van der Waals surface area (Å²) >= 11 is 0. The topological polar surface area (TPSA) is 104 Å². The van der Waals surface area contributed by atoms with E-state index in [2.05, 4.69) is 49.0 Å². The van der Waals surface area contributed by atoms with E-state index in [9.17, 15) is 0 Å². The lowest BCUT2D eigenvalue weighted by Gasteiger charge is -2.12. The standard InChI is InChI=1S/C25H25N7O/c1-16-11-18-3-4-19(12-22(18)29-16)25-31-23(13-24(32-25)33-10-9-26-2)30-21-7-5-17(6-8-21)20-14-27-28-15-20/h3-8,11-15,26,29H,9-10H2,1-2H3,(H,27,28)(H,30,31,32). The Morgan fingerprint density at radius 2 is 1.79 bits per heavy atom. The number of fused-ring (bicyclic) bond motifs is 1. The summed E-state index contributed by atoms with van der Waals surface area (Å²) in [6, 6.07) is 18.2. The summed E-state index contributed by atoms with van der Waals surface area (Å²) in [5, 5.41) is 14.5. The van der Waals surface area contributed by atoms with Crippen LogP contribution in [0.5, 0.6) is 5.88 Å². The van der Waals surface area contributed by atoms with E-state index in [1.54, 1.807) is 6.20 Å². The first-order valence-electron chi connectivity index (χ1n) is 10.8. The Morgan fingerprint density at radius 3 is 2.58 bits per heavy atom. The smallest absolute Gasteiger partial charge is 0.219 e. The third-order valence-electron chi connectivity index (χ3n) is 5.31. The molecule has 3 aromatic heterocycles. The van der Waals surface area contributed by atoms with Gasteiger partial charge >= 0.3 is 0 Å². The largest absolute Gasteiger partial charge is 0.476 e. The molecule has 0 spiro atoms. The predicted octanol–water partition coefficient (Wildman–Crippen LogP) is 4.67. The van der Waals surface area contributed by atoms with Crippen LogP contribution in [-0.2, 0) is 0 Å². The van der Waals surface area contributed by atoms with Crippen LogP contribution >= 0.6 is 0 Å². The molecule has 0 atom stereocenters. The van der Waals surface area contributed by atoms with Crippen LogP contribution in [0.15, 0.2) is 67.0 Å². The van der Waals surface area contributed by atoms with Gasteiger partial charge in [-0.1, -0.05) is 24.3 Å². The Balaban J connectivity index is 1.45. The Hall–Kier alpha value is -4.17. The fraction of sp³-hybridized carbons (Fsp3) is 0.160. The van der Waals surface area contributed by atoms with Gasteiger partial charge in [-0.2, -0.15) is 10.1 Å². The van der Waals surface area contributed by atoms with Gasteiger partial charge in [-0.3, -0.25) is 5.10 Å². The van der Waals surface area contributed by atoms with Gasteiger partial charge in [0.25, 0.3) is 0 Å². The molecule has 166 valence electrons. The van der Waals surface area contributed by atoms with Crippen LogP contribution in [0.1, 0.15) is 5.69 Å². The van der Waals surface area contributed by atoms with E-state index in [-0.39, 0.29) is 0 Å². The van der Waals surface area contributed by atoms with Gasteiger partial charge in [0.15, 0.2) is 5.82 Å². The van der Waals surface area contributed by atoms with Crippen molar-refractivity contribution in [3.63, 3.8) is 0 Å². The molecule has 8 heteroatoms. The predicted molar refractivity (Wildman–Crippen MR) is 131 cm³/mol. The molecule has 0 saturated heterocycles. The number of aryl methyl sites for hydroxylation is 1. The number of likely N-dealkylation sites (N-methyl/N-ethyl adjacent to an activating group) is 1. The van der Waals surface area contributed by atoms with E-state index in [0.717, 1.165) is 45.5 Å². The van der Waals surface area contributed by atoms with Gasteiger partial charge in [0, 0.05) is 46.8 Å². The number of aromatic nitrogens is 5. The summed E-state index contributed by atoms with van der Waals surface area (Å²) in [7, 11) is 1.89. The molecular weight excluding hydrogens is 414 g/mol. The number of ether oxygens (including phenoxy) is 1. The third kappa shape index (κ3) is 4.70. The quantitative estimate of drug-likeness (QED) is 0.262. The van der Waals surface area contributed by atoms with Crippen molar-refractivity contribution in [2.24, 2.45) is 0 Å². The zero-order valence-electron chi connectivity index (χ0n) is 18.5. The molecule has 8 nitrogen and oxygen atoms in total. The maximum absolute atomic E-state index is 5.87. The van der Waals surface area contributed by atoms with E-state index >= 15 is 0 Å². The van der Waals surface area contributed by atoms with Gasteiger partial charge in [-0.15, -0.1) is 0 Å². The lowest BCUT2D eigenvalue weighted by Crippen LogP contribution is -2.16. The molecule has 0 aliphatic heterocycles. The second-order valence-corrected chi connectivity index (χ2v) is 7.81. The molecule has 33 heavy (non-hydrogen) atoms. The van der Waals surface area contributed by atoms with Gasteiger partial charge in [-0.05, 0) is 49.2 Å². The summed E-state index contributed by atoms with van der Waals surface area (Å²) in [5.74, 6) is 1.79. The fourth-order valence-electron chi connectivity index (χ4n) is 3.66. The number of H-pyrrole nitrogens is 2. The van der Waals surface area contributed by atoms with E-state index in [0.29, 0.717) is 24.1 Å². The van der Waals surface area contributed by atoms with Crippen LogP contribution in [0, 0.1) is 6.92 Å². The SMILES string of the molecule is CNCCOc1cc(Nc2ccc(-c3cn[nH]c3)cc2)nc(-c2ccc3cc(C)[nH]c3c2)n1. The van der Waals surface area contributed by atoms with Crippen molar-refractivity contribution < 1.29 is 4.74 Å². The second-order valence-electron chi connectivity index (χ2n) is 7.81. The lowest BCUT2D eigenvalue weighted by atomic mass is 10.1. The first-order valence-corrected chi connectivity index (χ1v) is 10.8. The van der Waals surface area contributed by atoms with Gasteiger partial charge in [0.1, 0.15) is 12.4 Å². The molecule has 2 aromatic carbocycles. The average Bonchev–Trinajstić information content (AvgIpc) is 3.48. The minimum atomic E-state index is 0.515. The molecule has 0 radical (unpaired) electrons. The molecular formula is C25H25N7O. The zero-order valence-corrected chi connectivity index (χ0v) is 18.5. The number of benzene rings is 2. The van der Waals surface area contributed by atoms with Gasteiger partial charge in [0.05, 0.1) is 6.20 Å². The van der Waals surface area contributed by atoms with Crippen LogP contribution in [0.25, 0.3) is 33.4 Å². The van der Waals surface area contributed by atoms with Crippen LogP contribution in [-0.4, -0.2) is 45.3 Å². The first-order chi connectivity index (χ1) is 16.2. The van der Waals surface area contributed by atoms with Crippen LogP contribution in [0.3, 0.4) is 0 Å². The normalized spacial score (nSPS) is 11.1. The Kier molecular flexibility index (Phi) is 5.73. The first kappa shape index (κ1) is 20.7. The Labute approximate surface area is 191 Å². The third-order valence-corrected chi connectivity index (χ3v) is 5.31. The lowest BCUT2D eigenvalue weighted by molar-refractivity contribution is 0.306. The van der Waals surface area contributed by atoms with Gasteiger partial charge in [0.2, 0.25) is 5.88 Å². The number of nitrogens with one attached hydrogen (secondary N) is 4. The van der Waals surface area contributed by atoms with Crippen LogP contribution in [0.4, 0.5) is 11.5 Å². The molecule has 0 aliphatic rings. The fourth-order valence-corrected chi connectivity index (χ4v) is 3.66. The Morgan fingerprint density at radius 1 is 0.939 bits per heavy atom. The number of anilines is 2. The number of rotatable bonds is 8. The molecule has 3 heterocycles. The van der Waals surface area contributed by atoms with E-state index in [4.69, 9.17) is 9.72 Å². The number of hydrogen-bond donors (Lipinski definition) is 4. The van der Waals surface area contributed by atoms with Crippen molar-refractivity contribution in [1.29, 1.82) is 0 Å². The number of nitrogens with zero attached hydrogens (tertiary/aromatic N) is 3. The molecule has 0 amide bonds. The monoisotopic (exact) mass is 439 g/mol. The highest BCUT2D eigenvalue weighted by molar-refractivity contribution is 5.84. The van der Waals surface area contributed by atoms with E-state index in [1.807, 2.05) is 56.6 Å².